The zero-order valence-electron chi connectivity index (χ0n) is 12.2. The molecule has 0 aliphatic rings. The topological polar surface area (TPSA) is 42.0 Å². The van der Waals surface area contributed by atoms with Gasteiger partial charge in [-0.2, -0.15) is 0 Å². The second-order valence-corrected chi connectivity index (χ2v) is 5.48. The predicted octanol–water partition coefficient (Wildman–Crippen LogP) is 3.55. The van der Waals surface area contributed by atoms with Crippen molar-refractivity contribution >= 4 is 22.9 Å². The van der Waals surface area contributed by atoms with Crippen LogP contribution in [0, 0.1) is 0 Å². The summed E-state index contributed by atoms with van der Waals surface area (Å²) in [5.74, 6) is -0.0789. The summed E-state index contributed by atoms with van der Waals surface area (Å²) in [6.07, 6.45) is 6.04. The van der Waals surface area contributed by atoms with E-state index in [-0.39, 0.29) is 11.4 Å². The highest BCUT2D eigenvalue weighted by atomic mass is 16.1. The van der Waals surface area contributed by atoms with E-state index in [1.807, 2.05) is 50.3 Å². The average Bonchev–Trinajstić information content (AvgIpc) is 2.44. The lowest BCUT2D eigenvalue weighted by Gasteiger charge is -2.23. The first-order valence-corrected chi connectivity index (χ1v) is 6.86. The van der Waals surface area contributed by atoms with Crippen LogP contribution >= 0.6 is 0 Å². The number of fused-ring (bicyclic) bond motifs is 1. The molecule has 20 heavy (non-hydrogen) atoms. The molecule has 0 spiro atoms. The molecule has 0 aliphatic heterocycles. The molecule has 0 atom stereocenters. The van der Waals surface area contributed by atoms with Crippen molar-refractivity contribution in [2.75, 3.05) is 0 Å². The number of carbonyl (C=O) groups is 1. The lowest BCUT2D eigenvalue weighted by Crippen LogP contribution is -2.41. The van der Waals surface area contributed by atoms with E-state index in [0.717, 1.165) is 22.9 Å². The highest BCUT2D eigenvalue weighted by Crippen LogP contribution is 2.17. The van der Waals surface area contributed by atoms with Crippen molar-refractivity contribution in [2.45, 2.75) is 32.7 Å². The number of rotatable bonds is 4. The van der Waals surface area contributed by atoms with Crippen LogP contribution in [0.15, 0.2) is 42.6 Å². The highest BCUT2D eigenvalue weighted by Gasteiger charge is 2.15. The number of nitrogens with zero attached hydrogens (tertiary/aromatic N) is 1. The van der Waals surface area contributed by atoms with Gasteiger partial charge in [0.15, 0.2) is 0 Å². The van der Waals surface area contributed by atoms with E-state index >= 15 is 0 Å². The van der Waals surface area contributed by atoms with Crippen molar-refractivity contribution in [2.24, 2.45) is 0 Å². The molecule has 1 aromatic heterocycles. The van der Waals surface area contributed by atoms with Crippen molar-refractivity contribution in [1.82, 2.24) is 10.3 Å². The standard InChI is InChI=1S/C17H20N2O/c1-4-17(2,3)19-15(20)11-10-14-8-5-7-13-9-6-12-18-16(13)14/h5-12H,4H2,1-3H3,(H,19,20)/b11-10+. The van der Waals surface area contributed by atoms with E-state index in [9.17, 15) is 4.79 Å². The molecule has 0 saturated carbocycles. The number of pyridine rings is 1. The van der Waals surface area contributed by atoms with Gasteiger partial charge in [0.1, 0.15) is 0 Å². The first kappa shape index (κ1) is 14.3. The fraction of sp³-hybridized carbons (Fsp3) is 0.294. The monoisotopic (exact) mass is 268 g/mol. The van der Waals surface area contributed by atoms with E-state index in [2.05, 4.69) is 17.2 Å². The Hall–Kier alpha value is -2.16. The van der Waals surface area contributed by atoms with Gasteiger partial charge in [0.25, 0.3) is 0 Å². The Kier molecular flexibility index (Phi) is 4.18. The van der Waals surface area contributed by atoms with E-state index in [0.29, 0.717) is 0 Å². The van der Waals surface area contributed by atoms with Gasteiger partial charge in [-0.25, -0.2) is 0 Å². The predicted molar refractivity (Wildman–Crippen MR) is 83.3 cm³/mol. The Balaban J connectivity index is 2.20. The van der Waals surface area contributed by atoms with Gasteiger partial charge in [0.05, 0.1) is 5.52 Å². The van der Waals surface area contributed by atoms with Gasteiger partial charge in [-0.1, -0.05) is 31.2 Å². The summed E-state index contributed by atoms with van der Waals surface area (Å²) in [5, 5.41) is 4.05. The molecule has 0 saturated heterocycles. The molecule has 0 bridgehead atoms. The second kappa shape index (κ2) is 5.87. The second-order valence-electron chi connectivity index (χ2n) is 5.48. The van der Waals surface area contributed by atoms with Crippen molar-refractivity contribution in [3.63, 3.8) is 0 Å². The Morgan fingerprint density at radius 3 is 2.80 bits per heavy atom. The summed E-state index contributed by atoms with van der Waals surface area (Å²) in [6, 6.07) is 9.87. The van der Waals surface area contributed by atoms with E-state index in [1.54, 1.807) is 12.3 Å². The molecule has 2 rings (SSSR count). The number of hydrogen-bond acceptors (Lipinski definition) is 2. The summed E-state index contributed by atoms with van der Waals surface area (Å²) in [5.41, 5.74) is 1.68. The van der Waals surface area contributed by atoms with Gasteiger partial charge in [0, 0.05) is 28.8 Å². The van der Waals surface area contributed by atoms with Gasteiger partial charge in [-0.15, -0.1) is 0 Å². The molecule has 104 valence electrons. The highest BCUT2D eigenvalue weighted by molar-refractivity contribution is 5.95. The van der Waals surface area contributed by atoms with Gasteiger partial charge >= 0.3 is 0 Å². The van der Waals surface area contributed by atoms with Gasteiger partial charge in [0.2, 0.25) is 5.91 Å². The summed E-state index contributed by atoms with van der Waals surface area (Å²) < 4.78 is 0. The van der Waals surface area contributed by atoms with Crippen LogP contribution in [-0.4, -0.2) is 16.4 Å². The Labute approximate surface area is 119 Å². The number of amides is 1. The van der Waals surface area contributed by atoms with Crippen molar-refractivity contribution in [3.05, 3.63) is 48.2 Å². The van der Waals surface area contributed by atoms with Gasteiger partial charge in [-0.3, -0.25) is 9.78 Å². The van der Waals surface area contributed by atoms with E-state index in [4.69, 9.17) is 0 Å². The van der Waals surface area contributed by atoms with Crippen LogP contribution in [0.25, 0.3) is 17.0 Å². The minimum absolute atomic E-state index is 0.0789. The molecule has 2 aromatic rings. The molecule has 0 radical (unpaired) electrons. The van der Waals surface area contributed by atoms with E-state index < -0.39 is 0 Å². The van der Waals surface area contributed by atoms with Crippen LogP contribution in [0.1, 0.15) is 32.8 Å². The number of benzene rings is 1. The third kappa shape index (κ3) is 3.44. The maximum absolute atomic E-state index is 11.9. The largest absolute Gasteiger partial charge is 0.348 e. The molecule has 3 heteroatoms. The van der Waals surface area contributed by atoms with Crippen LogP contribution in [-0.2, 0) is 4.79 Å². The maximum Gasteiger partial charge on any atom is 0.244 e. The quantitative estimate of drug-likeness (QED) is 0.862. The molecular weight excluding hydrogens is 248 g/mol. The minimum Gasteiger partial charge on any atom is -0.348 e. The average molecular weight is 268 g/mol. The van der Waals surface area contributed by atoms with Crippen molar-refractivity contribution < 1.29 is 4.79 Å². The molecule has 1 heterocycles. The number of nitrogens with one attached hydrogen (secondary N) is 1. The third-order valence-corrected chi connectivity index (χ3v) is 3.42. The van der Waals surface area contributed by atoms with Gasteiger partial charge < -0.3 is 5.32 Å². The zero-order valence-corrected chi connectivity index (χ0v) is 12.2. The van der Waals surface area contributed by atoms with Crippen LogP contribution in [0.2, 0.25) is 0 Å². The van der Waals surface area contributed by atoms with Crippen LogP contribution in [0.5, 0.6) is 0 Å². The van der Waals surface area contributed by atoms with Crippen LogP contribution in [0.3, 0.4) is 0 Å². The number of carbonyl (C=O) groups excluding carboxylic acids is 1. The first-order chi connectivity index (χ1) is 9.52. The Bertz CT molecular complexity index is 639. The smallest absolute Gasteiger partial charge is 0.244 e. The van der Waals surface area contributed by atoms with Crippen molar-refractivity contribution in [3.8, 4) is 0 Å². The third-order valence-electron chi connectivity index (χ3n) is 3.42. The van der Waals surface area contributed by atoms with E-state index in [1.165, 1.54) is 0 Å². The van der Waals surface area contributed by atoms with Gasteiger partial charge in [-0.05, 0) is 32.4 Å². The molecule has 0 aliphatic carbocycles. The Morgan fingerprint density at radius 1 is 1.30 bits per heavy atom. The van der Waals surface area contributed by atoms with Crippen LogP contribution in [0.4, 0.5) is 0 Å². The van der Waals surface area contributed by atoms with Crippen LogP contribution < -0.4 is 5.32 Å². The summed E-state index contributed by atoms with van der Waals surface area (Å²) in [4.78, 5) is 16.3. The fourth-order valence-corrected chi connectivity index (χ4v) is 1.89. The zero-order chi connectivity index (χ0) is 14.6. The number of para-hydroxylation sites is 1. The molecule has 3 nitrogen and oxygen atoms in total. The number of aromatic nitrogens is 1. The lowest BCUT2D eigenvalue weighted by molar-refractivity contribution is -0.117. The molecule has 1 N–H and O–H groups in total. The molecule has 1 aromatic carbocycles. The molecular formula is C17H20N2O. The Morgan fingerprint density at radius 2 is 2.05 bits per heavy atom. The SMILES string of the molecule is CCC(C)(C)NC(=O)/C=C/c1cccc2cccnc12. The summed E-state index contributed by atoms with van der Waals surface area (Å²) >= 11 is 0. The number of hydrogen-bond donors (Lipinski definition) is 1. The molecule has 0 fully saturated rings. The summed E-state index contributed by atoms with van der Waals surface area (Å²) in [7, 11) is 0. The fourth-order valence-electron chi connectivity index (χ4n) is 1.89. The lowest BCUT2D eigenvalue weighted by atomic mass is 10.0. The molecule has 1 amide bonds. The van der Waals surface area contributed by atoms with Crippen molar-refractivity contribution in [1.29, 1.82) is 0 Å². The minimum atomic E-state index is -0.182. The maximum atomic E-state index is 11.9. The molecule has 0 unspecified atom stereocenters. The first-order valence-electron chi connectivity index (χ1n) is 6.86. The summed E-state index contributed by atoms with van der Waals surface area (Å²) in [6.45, 7) is 6.08. The normalized spacial score (nSPS) is 11.9.